The molecule has 0 unspecified atom stereocenters. The number of ether oxygens (including phenoxy) is 1. The standard InChI is InChI=1S/C22H26N2O3/c1-4-19(16-10-11-20(27-3)15(2)13-16)23-22(26)17-7-5-8-18(14-17)24-12-6-9-21(24)25/h5,7-8,10-11,13-14,19H,4,6,9,12H2,1-3H3,(H,23,26)/t19-/m1/s1. The molecule has 2 aromatic carbocycles. The van der Waals surface area contributed by atoms with E-state index in [0.717, 1.165) is 35.4 Å². The average molecular weight is 366 g/mol. The fourth-order valence-electron chi connectivity index (χ4n) is 3.52. The molecule has 0 aromatic heterocycles. The summed E-state index contributed by atoms with van der Waals surface area (Å²) in [4.78, 5) is 26.5. The van der Waals surface area contributed by atoms with Crippen molar-refractivity contribution in [2.24, 2.45) is 0 Å². The van der Waals surface area contributed by atoms with Crippen molar-refractivity contribution in [3.8, 4) is 5.75 Å². The lowest BCUT2D eigenvalue weighted by atomic mass is 10.0. The molecule has 1 aliphatic heterocycles. The number of nitrogens with one attached hydrogen (secondary N) is 1. The van der Waals surface area contributed by atoms with Crippen LogP contribution in [0.1, 0.15) is 53.7 Å². The van der Waals surface area contributed by atoms with E-state index in [2.05, 4.69) is 5.32 Å². The predicted molar refractivity (Wildman–Crippen MR) is 106 cm³/mol. The Balaban J connectivity index is 1.77. The van der Waals surface area contributed by atoms with Crippen molar-refractivity contribution in [2.75, 3.05) is 18.6 Å². The Morgan fingerprint density at radius 3 is 2.70 bits per heavy atom. The molecule has 1 N–H and O–H groups in total. The third-order valence-corrected chi connectivity index (χ3v) is 5.03. The number of nitrogens with zero attached hydrogens (tertiary/aromatic N) is 1. The zero-order valence-corrected chi connectivity index (χ0v) is 16.1. The molecule has 0 aliphatic carbocycles. The first-order chi connectivity index (χ1) is 13.0. The van der Waals surface area contributed by atoms with Crippen LogP contribution in [0.15, 0.2) is 42.5 Å². The lowest BCUT2D eigenvalue weighted by Crippen LogP contribution is -2.29. The van der Waals surface area contributed by atoms with Gasteiger partial charge in [0.1, 0.15) is 5.75 Å². The normalized spacial score (nSPS) is 14.9. The van der Waals surface area contributed by atoms with Crippen molar-refractivity contribution in [2.45, 2.75) is 39.2 Å². The van der Waals surface area contributed by atoms with Crippen LogP contribution in [0.3, 0.4) is 0 Å². The van der Waals surface area contributed by atoms with Crippen molar-refractivity contribution in [3.63, 3.8) is 0 Å². The van der Waals surface area contributed by atoms with Crippen LogP contribution in [0.5, 0.6) is 5.75 Å². The number of hydrogen-bond acceptors (Lipinski definition) is 3. The van der Waals surface area contributed by atoms with E-state index in [1.54, 1.807) is 24.1 Å². The number of hydrogen-bond donors (Lipinski definition) is 1. The Morgan fingerprint density at radius 1 is 1.26 bits per heavy atom. The Kier molecular flexibility index (Phi) is 5.79. The molecule has 0 bridgehead atoms. The van der Waals surface area contributed by atoms with Crippen molar-refractivity contribution < 1.29 is 14.3 Å². The van der Waals surface area contributed by atoms with Gasteiger partial charge >= 0.3 is 0 Å². The van der Waals surface area contributed by atoms with Gasteiger partial charge in [0.2, 0.25) is 5.91 Å². The molecule has 1 fully saturated rings. The number of aryl methyl sites for hydroxylation is 1. The second-order valence-corrected chi connectivity index (χ2v) is 6.86. The molecule has 27 heavy (non-hydrogen) atoms. The van der Waals surface area contributed by atoms with Gasteiger partial charge in [0.25, 0.3) is 5.91 Å². The number of benzene rings is 2. The Morgan fingerprint density at radius 2 is 2.07 bits per heavy atom. The molecule has 0 saturated carbocycles. The first-order valence-electron chi connectivity index (χ1n) is 9.39. The van der Waals surface area contributed by atoms with Crippen LogP contribution < -0.4 is 15.0 Å². The van der Waals surface area contributed by atoms with Gasteiger partial charge in [0.15, 0.2) is 0 Å². The smallest absolute Gasteiger partial charge is 0.251 e. The maximum atomic E-state index is 12.8. The number of rotatable bonds is 6. The van der Waals surface area contributed by atoms with Gasteiger partial charge in [-0.1, -0.05) is 25.1 Å². The predicted octanol–water partition coefficient (Wildman–Crippen LogP) is 4.01. The SMILES string of the molecule is CC[C@@H](NC(=O)c1cccc(N2CCCC2=O)c1)c1ccc(OC)c(C)c1. The molecule has 0 spiro atoms. The summed E-state index contributed by atoms with van der Waals surface area (Å²) >= 11 is 0. The highest BCUT2D eigenvalue weighted by Gasteiger charge is 2.22. The van der Waals surface area contributed by atoms with Crippen LogP contribution in [0.4, 0.5) is 5.69 Å². The molecular weight excluding hydrogens is 340 g/mol. The number of carbonyl (C=O) groups is 2. The summed E-state index contributed by atoms with van der Waals surface area (Å²) in [6.45, 7) is 4.75. The number of carbonyl (C=O) groups excluding carboxylic acids is 2. The Bertz CT molecular complexity index is 847. The molecule has 1 saturated heterocycles. The molecule has 3 rings (SSSR count). The van der Waals surface area contributed by atoms with E-state index >= 15 is 0 Å². The molecule has 1 heterocycles. The van der Waals surface area contributed by atoms with E-state index in [9.17, 15) is 9.59 Å². The highest BCUT2D eigenvalue weighted by molar-refractivity contribution is 5.99. The fraction of sp³-hybridized carbons (Fsp3) is 0.364. The zero-order chi connectivity index (χ0) is 19.4. The minimum Gasteiger partial charge on any atom is -0.496 e. The molecular formula is C22H26N2O3. The molecule has 5 nitrogen and oxygen atoms in total. The topological polar surface area (TPSA) is 58.6 Å². The van der Waals surface area contributed by atoms with E-state index in [4.69, 9.17) is 4.74 Å². The van der Waals surface area contributed by atoms with E-state index in [1.165, 1.54) is 0 Å². The van der Waals surface area contributed by atoms with Crippen molar-refractivity contribution in [1.82, 2.24) is 5.32 Å². The third kappa shape index (κ3) is 4.13. The van der Waals surface area contributed by atoms with Crippen LogP contribution in [-0.4, -0.2) is 25.5 Å². The first-order valence-corrected chi connectivity index (χ1v) is 9.39. The van der Waals surface area contributed by atoms with E-state index in [-0.39, 0.29) is 17.9 Å². The Labute approximate surface area is 160 Å². The molecule has 2 amide bonds. The minimum absolute atomic E-state index is 0.0841. The second kappa shape index (κ2) is 8.25. The van der Waals surface area contributed by atoms with Gasteiger partial charge in [-0.2, -0.15) is 0 Å². The minimum atomic E-state index is -0.135. The molecule has 1 aliphatic rings. The highest BCUT2D eigenvalue weighted by Crippen LogP contribution is 2.26. The van der Waals surface area contributed by atoms with Gasteiger partial charge in [-0.05, 0) is 55.2 Å². The van der Waals surface area contributed by atoms with E-state index < -0.39 is 0 Å². The summed E-state index contributed by atoms with van der Waals surface area (Å²) in [6, 6.07) is 13.2. The fourth-order valence-corrected chi connectivity index (χ4v) is 3.52. The van der Waals surface area contributed by atoms with Crippen LogP contribution in [0, 0.1) is 6.92 Å². The summed E-state index contributed by atoms with van der Waals surface area (Å²) in [5, 5.41) is 3.11. The number of anilines is 1. The van der Waals surface area contributed by atoms with Gasteiger partial charge in [-0.15, -0.1) is 0 Å². The summed E-state index contributed by atoms with van der Waals surface area (Å²) in [5.74, 6) is 0.819. The summed E-state index contributed by atoms with van der Waals surface area (Å²) < 4.78 is 5.31. The molecule has 142 valence electrons. The number of amides is 2. The molecule has 1 atom stereocenters. The largest absolute Gasteiger partial charge is 0.496 e. The summed E-state index contributed by atoms with van der Waals surface area (Å²) in [5.41, 5.74) is 3.45. The molecule has 0 radical (unpaired) electrons. The van der Waals surface area contributed by atoms with Crippen LogP contribution in [0.25, 0.3) is 0 Å². The van der Waals surface area contributed by atoms with Gasteiger partial charge < -0.3 is 15.0 Å². The van der Waals surface area contributed by atoms with Gasteiger partial charge in [-0.25, -0.2) is 0 Å². The lowest BCUT2D eigenvalue weighted by molar-refractivity contribution is -0.117. The maximum absolute atomic E-state index is 12.8. The van der Waals surface area contributed by atoms with Crippen LogP contribution >= 0.6 is 0 Å². The quantitative estimate of drug-likeness (QED) is 0.840. The second-order valence-electron chi connectivity index (χ2n) is 6.86. The lowest BCUT2D eigenvalue weighted by Gasteiger charge is -2.20. The first kappa shape index (κ1) is 19.0. The Hall–Kier alpha value is -2.82. The van der Waals surface area contributed by atoms with Crippen LogP contribution in [0.2, 0.25) is 0 Å². The number of methoxy groups -OCH3 is 1. The zero-order valence-electron chi connectivity index (χ0n) is 16.1. The van der Waals surface area contributed by atoms with Crippen molar-refractivity contribution in [1.29, 1.82) is 0 Å². The van der Waals surface area contributed by atoms with Gasteiger partial charge in [0, 0.05) is 24.2 Å². The maximum Gasteiger partial charge on any atom is 0.251 e. The summed E-state index contributed by atoms with van der Waals surface area (Å²) in [7, 11) is 1.65. The highest BCUT2D eigenvalue weighted by atomic mass is 16.5. The molecule has 2 aromatic rings. The molecule has 5 heteroatoms. The average Bonchev–Trinajstić information content (AvgIpc) is 3.12. The summed E-state index contributed by atoms with van der Waals surface area (Å²) in [6.07, 6.45) is 2.22. The van der Waals surface area contributed by atoms with E-state index in [0.29, 0.717) is 18.5 Å². The van der Waals surface area contributed by atoms with Gasteiger partial charge in [-0.3, -0.25) is 9.59 Å². The van der Waals surface area contributed by atoms with Crippen molar-refractivity contribution in [3.05, 3.63) is 59.2 Å². The van der Waals surface area contributed by atoms with Gasteiger partial charge in [0.05, 0.1) is 13.2 Å². The van der Waals surface area contributed by atoms with Crippen LogP contribution in [-0.2, 0) is 4.79 Å². The third-order valence-electron chi connectivity index (χ3n) is 5.03. The van der Waals surface area contributed by atoms with Crippen molar-refractivity contribution >= 4 is 17.5 Å². The monoisotopic (exact) mass is 366 g/mol. The van der Waals surface area contributed by atoms with E-state index in [1.807, 2.05) is 44.2 Å².